The molecule has 0 aliphatic carbocycles. The lowest BCUT2D eigenvalue weighted by molar-refractivity contribution is -0.386. The molecule has 1 aromatic rings. The zero-order chi connectivity index (χ0) is 14.4. The lowest BCUT2D eigenvalue weighted by Gasteiger charge is -2.11. The molecule has 0 aromatic heterocycles. The summed E-state index contributed by atoms with van der Waals surface area (Å²) < 4.78 is 5.40. The number of hydrogen-bond donors (Lipinski definition) is 1. The lowest BCUT2D eigenvalue weighted by atomic mass is 10.3. The van der Waals surface area contributed by atoms with Crippen LogP contribution in [-0.4, -0.2) is 27.9 Å². The molecule has 0 saturated carbocycles. The van der Waals surface area contributed by atoms with Crippen LogP contribution in [-0.2, 0) is 4.79 Å². The number of nitro benzene ring substituents is 1. The van der Waals surface area contributed by atoms with Gasteiger partial charge in [0.15, 0.2) is 5.75 Å². The number of nitro groups is 1. The number of ether oxygens (including phenoxy) is 1. The highest BCUT2D eigenvalue weighted by molar-refractivity contribution is 7.99. The van der Waals surface area contributed by atoms with Gasteiger partial charge in [0.2, 0.25) is 0 Å². The molecule has 19 heavy (non-hydrogen) atoms. The Kier molecular flexibility index (Phi) is 5.62. The van der Waals surface area contributed by atoms with Crippen LogP contribution in [0.25, 0.3) is 0 Å². The van der Waals surface area contributed by atoms with Gasteiger partial charge < -0.3 is 9.84 Å². The lowest BCUT2D eigenvalue weighted by Crippen LogP contribution is -2.07. The molecule has 0 bridgehead atoms. The maximum atomic E-state index is 10.9. The third-order valence-corrected chi connectivity index (χ3v) is 3.07. The Morgan fingerprint density at radius 3 is 2.74 bits per heavy atom. The molecule has 6 nitrogen and oxygen atoms in total. The van der Waals surface area contributed by atoms with Gasteiger partial charge in [-0.05, 0) is 19.9 Å². The van der Waals surface area contributed by atoms with Crippen LogP contribution in [0, 0.1) is 10.1 Å². The molecule has 0 fully saturated rings. The predicted octanol–water partition coefficient (Wildman–Crippen LogP) is 2.95. The van der Waals surface area contributed by atoms with E-state index in [9.17, 15) is 14.9 Å². The molecule has 0 spiro atoms. The number of carboxylic acids is 1. The fraction of sp³-hybridized carbons (Fsp3) is 0.417. The van der Waals surface area contributed by atoms with Gasteiger partial charge in [-0.3, -0.25) is 14.9 Å². The van der Waals surface area contributed by atoms with E-state index >= 15 is 0 Å². The van der Waals surface area contributed by atoms with E-state index in [0.717, 1.165) is 4.90 Å². The van der Waals surface area contributed by atoms with Gasteiger partial charge in [0.1, 0.15) is 0 Å². The van der Waals surface area contributed by atoms with Crippen molar-refractivity contribution in [2.24, 2.45) is 0 Å². The van der Waals surface area contributed by atoms with Gasteiger partial charge in [0, 0.05) is 22.8 Å². The topological polar surface area (TPSA) is 89.7 Å². The van der Waals surface area contributed by atoms with Gasteiger partial charge in [-0.2, -0.15) is 0 Å². The van der Waals surface area contributed by atoms with Crippen molar-refractivity contribution < 1.29 is 19.6 Å². The van der Waals surface area contributed by atoms with E-state index in [2.05, 4.69) is 0 Å². The number of benzene rings is 1. The zero-order valence-electron chi connectivity index (χ0n) is 10.7. The number of carboxylic acid groups (broad SMARTS) is 1. The highest BCUT2D eigenvalue weighted by Gasteiger charge is 2.16. The van der Waals surface area contributed by atoms with E-state index < -0.39 is 10.9 Å². The van der Waals surface area contributed by atoms with Crippen LogP contribution < -0.4 is 4.74 Å². The first-order chi connectivity index (χ1) is 8.90. The minimum absolute atomic E-state index is 0.0437. The largest absolute Gasteiger partial charge is 0.484 e. The summed E-state index contributed by atoms with van der Waals surface area (Å²) in [5, 5.41) is 19.4. The van der Waals surface area contributed by atoms with Crippen molar-refractivity contribution in [1.29, 1.82) is 0 Å². The summed E-state index contributed by atoms with van der Waals surface area (Å²) in [5.74, 6) is -0.248. The maximum absolute atomic E-state index is 10.9. The van der Waals surface area contributed by atoms with E-state index in [1.54, 1.807) is 26.0 Å². The summed E-state index contributed by atoms with van der Waals surface area (Å²) in [6, 6.07) is 4.54. The summed E-state index contributed by atoms with van der Waals surface area (Å²) in [7, 11) is 0. The minimum Gasteiger partial charge on any atom is -0.484 e. The van der Waals surface area contributed by atoms with Crippen molar-refractivity contribution >= 4 is 23.4 Å². The molecule has 0 amide bonds. The first kappa shape index (κ1) is 15.3. The normalized spacial score (nSPS) is 10.5. The first-order valence-electron chi connectivity index (χ1n) is 5.70. The molecular weight excluding hydrogens is 270 g/mol. The van der Waals surface area contributed by atoms with E-state index in [1.165, 1.54) is 17.8 Å². The van der Waals surface area contributed by atoms with Crippen LogP contribution in [0.15, 0.2) is 23.1 Å². The van der Waals surface area contributed by atoms with Gasteiger partial charge in [-0.15, -0.1) is 11.8 Å². The molecule has 0 aliphatic rings. The molecule has 1 N–H and O–H groups in total. The number of thioether (sulfide) groups is 1. The average molecular weight is 285 g/mol. The van der Waals surface area contributed by atoms with Crippen molar-refractivity contribution in [3.8, 4) is 5.75 Å². The predicted molar refractivity (Wildman–Crippen MR) is 71.8 cm³/mol. The van der Waals surface area contributed by atoms with Gasteiger partial charge in [0.25, 0.3) is 0 Å². The highest BCUT2D eigenvalue weighted by atomic mass is 32.2. The van der Waals surface area contributed by atoms with Crippen LogP contribution in [0.4, 0.5) is 5.69 Å². The Hall–Kier alpha value is -1.76. The van der Waals surface area contributed by atoms with E-state index in [1.807, 2.05) is 0 Å². The third-order valence-electron chi connectivity index (χ3n) is 2.08. The monoisotopic (exact) mass is 285 g/mol. The van der Waals surface area contributed by atoms with Crippen LogP contribution in [0.1, 0.15) is 20.3 Å². The van der Waals surface area contributed by atoms with Gasteiger partial charge in [0.05, 0.1) is 17.4 Å². The molecule has 0 atom stereocenters. The average Bonchev–Trinajstić information content (AvgIpc) is 2.27. The van der Waals surface area contributed by atoms with Crippen LogP contribution in [0.3, 0.4) is 0 Å². The highest BCUT2D eigenvalue weighted by Crippen LogP contribution is 2.32. The van der Waals surface area contributed by atoms with Gasteiger partial charge >= 0.3 is 11.7 Å². The summed E-state index contributed by atoms with van der Waals surface area (Å²) in [4.78, 5) is 21.5. The van der Waals surface area contributed by atoms with Crippen molar-refractivity contribution in [1.82, 2.24) is 0 Å². The van der Waals surface area contributed by atoms with Crippen molar-refractivity contribution in [2.45, 2.75) is 31.3 Å². The Morgan fingerprint density at radius 1 is 1.53 bits per heavy atom. The molecule has 7 heteroatoms. The van der Waals surface area contributed by atoms with Crippen molar-refractivity contribution in [3.05, 3.63) is 28.3 Å². The second-order valence-corrected chi connectivity index (χ2v) is 5.21. The molecule has 104 valence electrons. The Bertz CT molecular complexity index is 475. The molecular formula is C12H15NO5S. The Labute approximate surface area is 114 Å². The minimum atomic E-state index is -0.868. The molecule has 1 rings (SSSR count). The summed E-state index contributed by atoms with van der Waals surface area (Å²) >= 11 is 1.33. The van der Waals surface area contributed by atoms with Crippen LogP contribution >= 0.6 is 11.8 Å². The Morgan fingerprint density at radius 2 is 2.21 bits per heavy atom. The molecule has 0 unspecified atom stereocenters. The zero-order valence-corrected chi connectivity index (χ0v) is 11.5. The number of hydrogen-bond acceptors (Lipinski definition) is 5. The first-order valence-corrected chi connectivity index (χ1v) is 6.68. The SMILES string of the molecule is CC(C)Oc1cc(SCCC(=O)O)ccc1[N+](=O)[O-]. The number of rotatable bonds is 7. The molecule has 0 saturated heterocycles. The standard InChI is InChI=1S/C12H15NO5S/c1-8(2)18-11-7-9(19-6-5-12(14)15)3-4-10(11)13(16)17/h3-4,7-8H,5-6H2,1-2H3,(H,14,15). The molecule has 0 heterocycles. The quantitative estimate of drug-likeness (QED) is 0.470. The summed E-state index contributed by atoms with van der Waals surface area (Å²) in [6.45, 7) is 3.57. The summed E-state index contributed by atoms with van der Waals surface area (Å²) in [6.07, 6.45) is -0.125. The number of aliphatic carboxylic acids is 1. The van der Waals surface area contributed by atoms with Crippen LogP contribution in [0.5, 0.6) is 5.75 Å². The van der Waals surface area contributed by atoms with Crippen molar-refractivity contribution in [3.63, 3.8) is 0 Å². The van der Waals surface area contributed by atoms with Crippen LogP contribution in [0.2, 0.25) is 0 Å². The summed E-state index contributed by atoms with van der Waals surface area (Å²) in [5.41, 5.74) is -0.0868. The maximum Gasteiger partial charge on any atom is 0.311 e. The van der Waals surface area contributed by atoms with E-state index in [4.69, 9.17) is 9.84 Å². The van der Waals surface area contributed by atoms with E-state index in [-0.39, 0.29) is 24.0 Å². The van der Waals surface area contributed by atoms with Gasteiger partial charge in [-0.25, -0.2) is 0 Å². The Balaban J connectivity index is 2.85. The molecule has 0 aliphatic heterocycles. The van der Waals surface area contributed by atoms with Gasteiger partial charge in [-0.1, -0.05) is 0 Å². The number of carbonyl (C=O) groups is 1. The molecule has 0 radical (unpaired) electrons. The second kappa shape index (κ2) is 6.98. The second-order valence-electron chi connectivity index (χ2n) is 4.05. The smallest absolute Gasteiger partial charge is 0.311 e. The number of nitrogens with zero attached hydrogens (tertiary/aromatic N) is 1. The third kappa shape index (κ3) is 5.17. The van der Waals surface area contributed by atoms with Crippen molar-refractivity contribution in [2.75, 3.05) is 5.75 Å². The fourth-order valence-electron chi connectivity index (χ4n) is 1.34. The van der Waals surface area contributed by atoms with E-state index in [0.29, 0.717) is 5.75 Å². The fourth-order valence-corrected chi connectivity index (χ4v) is 2.21. The molecule has 1 aromatic carbocycles.